The molecule has 0 aliphatic heterocycles. The van der Waals surface area contributed by atoms with E-state index in [0.29, 0.717) is 17.9 Å². The van der Waals surface area contributed by atoms with Crippen LogP contribution in [0.15, 0.2) is 42.5 Å². The van der Waals surface area contributed by atoms with Gasteiger partial charge in [0.2, 0.25) is 0 Å². The van der Waals surface area contributed by atoms with Crippen LogP contribution in [0.2, 0.25) is 18.1 Å². The molecule has 138 valence electrons. The van der Waals surface area contributed by atoms with Crippen LogP contribution in [-0.4, -0.2) is 20.5 Å². The molecule has 1 N–H and O–H groups in total. The maximum atomic E-state index is 10.4. The molecule has 0 radical (unpaired) electrons. The third kappa shape index (κ3) is 4.91. The van der Waals surface area contributed by atoms with Gasteiger partial charge in [0.25, 0.3) is 0 Å². The maximum Gasteiger partial charge on any atom is 0.192 e. The Bertz CT molecular complexity index is 809. The number of phenolic OH excluding ortho intramolecular Hbond substituents is 1. The molecule has 0 aliphatic carbocycles. The summed E-state index contributed by atoms with van der Waals surface area (Å²) in [5.41, 5.74) is 2.39. The zero-order valence-corrected chi connectivity index (χ0v) is 17.5. The number of methoxy groups -OCH3 is 1. The molecule has 0 aromatic heterocycles. The minimum atomic E-state index is -1.86. The lowest BCUT2D eigenvalue weighted by molar-refractivity contribution is 0.275. The molecule has 0 amide bonds. The second-order valence-corrected chi connectivity index (χ2v) is 12.7. The fourth-order valence-corrected chi connectivity index (χ4v) is 3.10. The highest BCUT2D eigenvalue weighted by molar-refractivity contribution is 6.74. The Morgan fingerprint density at radius 1 is 1.04 bits per heavy atom. The first-order chi connectivity index (χ1) is 12.1. The van der Waals surface area contributed by atoms with Crippen molar-refractivity contribution < 1.29 is 14.3 Å². The van der Waals surface area contributed by atoms with E-state index < -0.39 is 8.32 Å². The van der Waals surface area contributed by atoms with E-state index in [-0.39, 0.29) is 10.8 Å². The monoisotopic (exact) mass is 368 g/mol. The first-order valence-corrected chi connectivity index (χ1v) is 11.7. The summed E-state index contributed by atoms with van der Waals surface area (Å²) in [6.07, 6.45) is 0. The van der Waals surface area contributed by atoms with Crippen molar-refractivity contribution in [3.63, 3.8) is 0 Å². The summed E-state index contributed by atoms with van der Waals surface area (Å²) in [5, 5.41) is 10.5. The summed E-state index contributed by atoms with van der Waals surface area (Å²) in [6, 6.07) is 13.4. The molecule has 2 rings (SSSR count). The summed E-state index contributed by atoms with van der Waals surface area (Å²) in [6.45, 7) is 11.6. The third-order valence-electron chi connectivity index (χ3n) is 4.88. The van der Waals surface area contributed by atoms with Gasteiger partial charge >= 0.3 is 0 Å². The standard InChI is InChI=1S/C22H28O3Si/c1-22(2,3)26(5,6)25-16-18-14-19(21(23)20(15-18)24-4)13-12-17-10-8-7-9-11-17/h7-11,14-15,23H,16H2,1-6H3. The van der Waals surface area contributed by atoms with Crippen LogP contribution < -0.4 is 4.74 Å². The summed E-state index contributed by atoms with van der Waals surface area (Å²) in [4.78, 5) is 0. The summed E-state index contributed by atoms with van der Waals surface area (Å²) in [7, 11) is -0.313. The molecule has 0 unspecified atom stereocenters. The predicted octanol–water partition coefficient (Wildman–Crippen LogP) is 5.32. The van der Waals surface area contributed by atoms with Gasteiger partial charge in [-0.15, -0.1) is 0 Å². The predicted molar refractivity (Wildman–Crippen MR) is 109 cm³/mol. The number of hydrogen-bond donors (Lipinski definition) is 1. The zero-order chi connectivity index (χ0) is 19.4. The number of ether oxygens (including phenoxy) is 1. The Morgan fingerprint density at radius 2 is 1.69 bits per heavy atom. The lowest BCUT2D eigenvalue weighted by Gasteiger charge is -2.36. The number of benzene rings is 2. The molecule has 0 atom stereocenters. The Hall–Kier alpha value is -2.22. The van der Waals surface area contributed by atoms with Gasteiger partial charge in [-0.2, -0.15) is 0 Å². The van der Waals surface area contributed by atoms with E-state index in [9.17, 15) is 5.11 Å². The fourth-order valence-electron chi connectivity index (χ4n) is 2.14. The van der Waals surface area contributed by atoms with E-state index >= 15 is 0 Å². The average molecular weight is 369 g/mol. The van der Waals surface area contributed by atoms with Gasteiger partial charge in [0, 0.05) is 5.56 Å². The van der Waals surface area contributed by atoms with Gasteiger partial charge in [0.1, 0.15) is 0 Å². The van der Waals surface area contributed by atoms with Crippen LogP contribution in [0.4, 0.5) is 0 Å². The van der Waals surface area contributed by atoms with Gasteiger partial charge in [-0.3, -0.25) is 0 Å². The van der Waals surface area contributed by atoms with Crippen molar-refractivity contribution in [1.29, 1.82) is 0 Å². The van der Waals surface area contributed by atoms with Crippen LogP contribution >= 0.6 is 0 Å². The Labute approximate surface area is 158 Å². The van der Waals surface area contributed by atoms with Crippen molar-refractivity contribution in [1.82, 2.24) is 0 Å². The van der Waals surface area contributed by atoms with E-state index in [1.54, 1.807) is 7.11 Å². The van der Waals surface area contributed by atoms with Gasteiger partial charge < -0.3 is 14.3 Å². The molecule has 2 aromatic rings. The Morgan fingerprint density at radius 3 is 2.27 bits per heavy atom. The second-order valence-electron chi connectivity index (χ2n) is 7.86. The molecular weight excluding hydrogens is 340 g/mol. The highest BCUT2D eigenvalue weighted by atomic mass is 28.4. The highest BCUT2D eigenvalue weighted by Crippen LogP contribution is 2.38. The van der Waals surface area contributed by atoms with Gasteiger partial charge in [-0.1, -0.05) is 50.8 Å². The minimum Gasteiger partial charge on any atom is -0.503 e. The molecule has 0 fully saturated rings. The first kappa shape index (κ1) is 20.1. The molecule has 3 nitrogen and oxygen atoms in total. The molecule has 0 heterocycles. The largest absolute Gasteiger partial charge is 0.503 e. The van der Waals surface area contributed by atoms with E-state index in [1.165, 1.54) is 0 Å². The first-order valence-electron chi connectivity index (χ1n) is 8.75. The fraction of sp³-hybridized carbons (Fsp3) is 0.364. The van der Waals surface area contributed by atoms with Gasteiger partial charge in [0.15, 0.2) is 19.8 Å². The summed E-state index contributed by atoms with van der Waals surface area (Å²) in [5.74, 6) is 6.60. The number of aromatic hydroxyl groups is 1. The molecule has 2 aromatic carbocycles. The van der Waals surface area contributed by atoms with Crippen LogP contribution in [0.5, 0.6) is 11.5 Å². The van der Waals surface area contributed by atoms with Crippen LogP contribution in [0.1, 0.15) is 37.5 Å². The van der Waals surface area contributed by atoms with Gasteiger partial charge in [-0.25, -0.2) is 0 Å². The average Bonchev–Trinajstić information content (AvgIpc) is 2.59. The van der Waals surface area contributed by atoms with Crippen molar-refractivity contribution in [2.24, 2.45) is 0 Å². The van der Waals surface area contributed by atoms with E-state index in [0.717, 1.165) is 11.1 Å². The van der Waals surface area contributed by atoms with Crippen LogP contribution in [0, 0.1) is 11.8 Å². The normalized spacial score (nSPS) is 11.6. The van der Waals surface area contributed by atoms with Gasteiger partial charge in [0.05, 0.1) is 19.3 Å². The van der Waals surface area contributed by atoms with Crippen molar-refractivity contribution >= 4 is 8.32 Å². The number of hydrogen-bond acceptors (Lipinski definition) is 3. The van der Waals surface area contributed by atoms with Gasteiger partial charge in [-0.05, 0) is 48.0 Å². The topological polar surface area (TPSA) is 38.7 Å². The quantitative estimate of drug-likeness (QED) is 0.586. The van der Waals surface area contributed by atoms with E-state index in [4.69, 9.17) is 9.16 Å². The number of phenols is 1. The molecule has 0 bridgehead atoms. The molecule has 0 saturated carbocycles. The Balaban J connectivity index is 2.31. The SMILES string of the molecule is COc1cc(CO[Si](C)(C)C(C)(C)C)cc(C#Cc2ccccc2)c1O. The highest BCUT2D eigenvalue weighted by Gasteiger charge is 2.37. The maximum absolute atomic E-state index is 10.4. The summed E-state index contributed by atoms with van der Waals surface area (Å²) >= 11 is 0. The number of rotatable bonds is 4. The third-order valence-corrected chi connectivity index (χ3v) is 9.35. The molecule has 4 heteroatoms. The van der Waals surface area contributed by atoms with Crippen LogP contribution in [-0.2, 0) is 11.0 Å². The molecule has 0 saturated heterocycles. The smallest absolute Gasteiger partial charge is 0.192 e. The van der Waals surface area contributed by atoms with E-state index in [1.807, 2.05) is 42.5 Å². The minimum absolute atomic E-state index is 0.0620. The Kier molecular flexibility index (Phi) is 6.17. The van der Waals surface area contributed by atoms with Crippen molar-refractivity contribution in [3.8, 4) is 23.3 Å². The van der Waals surface area contributed by atoms with E-state index in [2.05, 4.69) is 45.7 Å². The lowest BCUT2D eigenvalue weighted by Crippen LogP contribution is -2.40. The molecule has 0 spiro atoms. The lowest BCUT2D eigenvalue weighted by atomic mass is 10.1. The van der Waals surface area contributed by atoms with Crippen molar-refractivity contribution in [2.45, 2.75) is 45.5 Å². The summed E-state index contributed by atoms with van der Waals surface area (Å²) < 4.78 is 11.6. The molecule has 26 heavy (non-hydrogen) atoms. The van der Waals surface area contributed by atoms with Crippen molar-refractivity contribution in [2.75, 3.05) is 7.11 Å². The zero-order valence-electron chi connectivity index (χ0n) is 16.5. The van der Waals surface area contributed by atoms with Crippen LogP contribution in [0.3, 0.4) is 0 Å². The molecular formula is C22H28O3Si. The van der Waals surface area contributed by atoms with Crippen molar-refractivity contribution in [3.05, 3.63) is 59.2 Å². The molecule has 0 aliphatic rings. The van der Waals surface area contributed by atoms with Crippen LogP contribution in [0.25, 0.3) is 0 Å². The second kappa shape index (κ2) is 7.99.